The number of benzene rings is 1. The number of alkyl halides is 2. The Hall–Kier alpha value is -0.970. The smallest absolute Gasteiger partial charge is 0.387 e. The number of aryl methyl sites for hydroxylation is 1. The van der Waals surface area contributed by atoms with Gasteiger partial charge in [-0.15, -0.1) is 0 Å². The third-order valence-corrected chi connectivity index (χ3v) is 2.52. The van der Waals surface area contributed by atoms with Crippen molar-refractivity contribution in [1.82, 2.24) is 0 Å². The summed E-state index contributed by atoms with van der Waals surface area (Å²) in [7, 11) is 0. The minimum absolute atomic E-state index is 0.0631. The fraction of sp³-hybridized carbons (Fsp3) is 0.300. The van der Waals surface area contributed by atoms with Crippen LogP contribution in [0.2, 0.25) is 0 Å². The Morgan fingerprint density at radius 2 is 2.07 bits per heavy atom. The average molecular weight is 279 g/mol. The molecular formula is C10H9BrF2O2. The summed E-state index contributed by atoms with van der Waals surface area (Å²) in [6.45, 7) is -0.0230. The quantitative estimate of drug-likeness (QED) is 0.791. The van der Waals surface area contributed by atoms with Crippen LogP contribution in [-0.2, 0) is 0 Å². The Balaban J connectivity index is 3.31. The fourth-order valence-electron chi connectivity index (χ4n) is 1.23. The largest absolute Gasteiger partial charge is 0.434 e. The van der Waals surface area contributed by atoms with E-state index < -0.39 is 6.61 Å². The van der Waals surface area contributed by atoms with Crippen LogP contribution < -0.4 is 4.74 Å². The van der Waals surface area contributed by atoms with Crippen molar-refractivity contribution in [2.75, 3.05) is 0 Å². The van der Waals surface area contributed by atoms with E-state index in [9.17, 15) is 13.6 Å². The summed E-state index contributed by atoms with van der Waals surface area (Å²) in [6, 6.07) is 3.23. The van der Waals surface area contributed by atoms with E-state index in [1.54, 1.807) is 19.1 Å². The second kappa shape index (κ2) is 4.70. The number of carbonyl (C=O) groups excluding carboxylic acids is 1. The number of Topliss-reactive ketones (excluding diaryl/α,β-unsaturated/α-hetero) is 1. The van der Waals surface area contributed by atoms with Gasteiger partial charge in [-0.3, -0.25) is 4.79 Å². The van der Waals surface area contributed by atoms with Gasteiger partial charge in [0.1, 0.15) is 5.75 Å². The van der Waals surface area contributed by atoms with Crippen LogP contribution in [0.4, 0.5) is 8.78 Å². The second-order valence-electron chi connectivity index (χ2n) is 3.00. The molecule has 0 unspecified atom stereocenters. The van der Waals surface area contributed by atoms with E-state index >= 15 is 0 Å². The number of ketones is 1. The first kappa shape index (κ1) is 12.1. The SMILES string of the molecule is CC(=O)c1c(Br)ccc(C)c1OC(F)F. The molecule has 0 fully saturated rings. The number of ether oxygens (including phenoxy) is 1. The van der Waals surface area contributed by atoms with Crippen LogP contribution in [0.5, 0.6) is 5.75 Å². The molecule has 0 heterocycles. The first-order valence-electron chi connectivity index (χ1n) is 4.18. The molecule has 0 aliphatic carbocycles. The molecule has 0 spiro atoms. The molecule has 1 rings (SSSR count). The predicted molar refractivity (Wildman–Crippen MR) is 55.5 cm³/mol. The van der Waals surface area contributed by atoms with Crippen LogP contribution in [0.15, 0.2) is 16.6 Å². The van der Waals surface area contributed by atoms with Gasteiger partial charge in [-0.25, -0.2) is 0 Å². The van der Waals surface area contributed by atoms with Crippen molar-refractivity contribution in [1.29, 1.82) is 0 Å². The van der Waals surface area contributed by atoms with E-state index in [0.29, 0.717) is 10.0 Å². The van der Waals surface area contributed by atoms with Gasteiger partial charge in [0.15, 0.2) is 5.78 Å². The minimum atomic E-state index is -2.93. The van der Waals surface area contributed by atoms with Crippen LogP contribution in [0.25, 0.3) is 0 Å². The summed E-state index contributed by atoms with van der Waals surface area (Å²) in [5, 5.41) is 0. The normalized spacial score (nSPS) is 10.5. The molecule has 0 atom stereocenters. The van der Waals surface area contributed by atoms with Crippen molar-refractivity contribution in [3.63, 3.8) is 0 Å². The third kappa shape index (κ3) is 2.75. The van der Waals surface area contributed by atoms with Crippen molar-refractivity contribution in [2.45, 2.75) is 20.5 Å². The fourth-order valence-corrected chi connectivity index (χ4v) is 1.82. The van der Waals surface area contributed by atoms with Gasteiger partial charge in [-0.05, 0) is 41.4 Å². The van der Waals surface area contributed by atoms with Gasteiger partial charge < -0.3 is 4.74 Å². The molecule has 0 saturated heterocycles. The van der Waals surface area contributed by atoms with Crippen molar-refractivity contribution in [3.05, 3.63) is 27.7 Å². The highest BCUT2D eigenvalue weighted by molar-refractivity contribution is 9.10. The third-order valence-electron chi connectivity index (χ3n) is 1.86. The summed E-state index contributed by atoms with van der Waals surface area (Å²) >= 11 is 3.13. The molecule has 0 aliphatic heterocycles. The number of carbonyl (C=O) groups is 1. The Bertz CT molecular complexity index is 391. The van der Waals surface area contributed by atoms with E-state index in [4.69, 9.17) is 0 Å². The molecule has 0 saturated carbocycles. The molecule has 0 aliphatic rings. The highest BCUT2D eigenvalue weighted by Gasteiger charge is 2.18. The number of rotatable bonds is 3. The first-order valence-corrected chi connectivity index (χ1v) is 4.97. The molecule has 15 heavy (non-hydrogen) atoms. The maximum absolute atomic E-state index is 12.1. The lowest BCUT2D eigenvalue weighted by Gasteiger charge is -2.12. The number of hydrogen-bond donors (Lipinski definition) is 0. The lowest BCUT2D eigenvalue weighted by atomic mass is 10.1. The first-order chi connectivity index (χ1) is 6.93. The van der Waals surface area contributed by atoms with Gasteiger partial charge in [0.2, 0.25) is 0 Å². The maximum Gasteiger partial charge on any atom is 0.387 e. The zero-order valence-electron chi connectivity index (χ0n) is 8.18. The topological polar surface area (TPSA) is 26.3 Å². The van der Waals surface area contributed by atoms with E-state index in [1.807, 2.05) is 0 Å². The number of hydrogen-bond acceptors (Lipinski definition) is 2. The van der Waals surface area contributed by atoms with E-state index in [0.717, 1.165) is 0 Å². The second-order valence-corrected chi connectivity index (χ2v) is 3.86. The van der Waals surface area contributed by atoms with Crippen LogP contribution in [0.3, 0.4) is 0 Å². The highest BCUT2D eigenvalue weighted by atomic mass is 79.9. The summed E-state index contributed by atoms with van der Waals surface area (Å²) in [4.78, 5) is 11.3. The highest BCUT2D eigenvalue weighted by Crippen LogP contribution is 2.31. The molecule has 82 valence electrons. The van der Waals surface area contributed by atoms with E-state index in [-0.39, 0.29) is 17.1 Å². The van der Waals surface area contributed by atoms with Crippen LogP contribution >= 0.6 is 15.9 Å². The molecular weight excluding hydrogens is 270 g/mol. The molecule has 0 amide bonds. The van der Waals surface area contributed by atoms with Gasteiger partial charge in [0, 0.05) is 4.47 Å². The lowest BCUT2D eigenvalue weighted by Crippen LogP contribution is -2.08. The summed E-state index contributed by atoms with van der Waals surface area (Å²) in [5.74, 6) is -0.381. The minimum Gasteiger partial charge on any atom is -0.434 e. The predicted octanol–water partition coefficient (Wildman–Crippen LogP) is 3.56. The van der Waals surface area contributed by atoms with E-state index in [1.165, 1.54) is 6.92 Å². The zero-order valence-corrected chi connectivity index (χ0v) is 9.77. The molecule has 1 aromatic rings. The Morgan fingerprint density at radius 3 is 2.53 bits per heavy atom. The Morgan fingerprint density at radius 1 is 1.47 bits per heavy atom. The molecule has 1 aromatic carbocycles. The van der Waals surface area contributed by atoms with Crippen molar-refractivity contribution < 1.29 is 18.3 Å². The van der Waals surface area contributed by atoms with Gasteiger partial charge in [-0.2, -0.15) is 8.78 Å². The van der Waals surface area contributed by atoms with Gasteiger partial charge in [-0.1, -0.05) is 6.07 Å². The summed E-state index contributed by atoms with van der Waals surface area (Å²) in [6.07, 6.45) is 0. The number of halogens is 3. The van der Waals surface area contributed by atoms with Crippen molar-refractivity contribution >= 4 is 21.7 Å². The molecule has 2 nitrogen and oxygen atoms in total. The molecule has 0 N–H and O–H groups in total. The zero-order chi connectivity index (χ0) is 11.6. The van der Waals surface area contributed by atoms with E-state index in [2.05, 4.69) is 20.7 Å². The lowest BCUT2D eigenvalue weighted by molar-refractivity contribution is -0.0506. The monoisotopic (exact) mass is 278 g/mol. The summed E-state index contributed by atoms with van der Waals surface area (Å²) in [5.41, 5.74) is 0.652. The molecule has 0 aromatic heterocycles. The van der Waals surface area contributed by atoms with Crippen LogP contribution in [0, 0.1) is 6.92 Å². The molecule has 5 heteroatoms. The Labute approximate surface area is 94.4 Å². The molecule has 0 radical (unpaired) electrons. The van der Waals surface area contributed by atoms with Crippen LogP contribution in [-0.4, -0.2) is 12.4 Å². The van der Waals surface area contributed by atoms with Crippen molar-refractivity contribution in [2.24, 2.45) is 0 Å². The molecule has 0 bridgehead atoms. The summed E-state index contributed by atoms with van der Waals surface area (Å²) < 4.78 is 29.0. The Kier molecular flexibility index (Phi) is 3.79. The maximum atomic E-state index is 12.1. The van der Waals surface area contributed by atoms with Gasteiger partial charge >= 0.3 is 6.61 Å². The van der Waals surface area contributed by atoms with Crippen LogP contribution in [0.1, 0.15) is 22.8 Å². The standard InChI is InChI=1S/C10H9BrF2O2/c1-5-3-4-7(11)8(6(2)14)9(5)15-10(12)13/h3-4,10H,1-2H3. The van der Waals surface area contributed by atoms with Gasteiger partial charge in [0.25, 0.3) is 0 Å². The average Bonchev–Trinajstić information content (AvgIpc) is 2.10. The van der Waals surface area contributed by atoms with Crippen molar-refractivity contribution in [3.8, 4) is 5.75 Å². The van der Waals surface area contributed by atoms with Gasteiger partial charge in [0.05, 0.1) is 5.56 Å².